The summed E-state index contributed by atoms with van der Waals surface area (Å²) in [6.07, 6.45) is 9.93. The Morgan fingerprint density at radius 2 is 2.11 bits per heavy atom. The van der Waals surface area contributed by atoms with Crippen LogP contribution in [0.4, 0.5) is 0 Å². The molecule has 2 heteroatoms. The van der Waals surface area contributed by atoms with Gasteiger partial charge in [0.25, 0.3) is 0 Å². The molecule has 0 N–H and O–H groups in total. The van der Waals surface area contributed by atoms with E-state index in [4.69, 9.17) is 0 Å². The van der Waals surface area contributed by atoms with Gasteiger partial charge >= 0.3 is 0 Å². The van der Waals surface area contributed by atoms with Gasteiger partial charge in [-0.3, -0.25) is 4.98 Å². The molecular weight excluding hydrogens is 232 g/mol. The molecule has 0 amide bonds. The molecule has 0 radical (unpaired) electrons. The highest BCUT2D eigenvalue weighted by Gasteiger charge is 2.21. The number of hydrogen-bond donors (Lipinski definition) is 0. The molecule has 1 saturated heterocycles. The summed E-state index contributed by atoms with van der Waals surface area (Å²) in [5.74, 6) is 0.809. The van der Waals surface area contributed by atoms with E-state index < -0.39 is 0 Å². The second-order valence-electron chi connectivity index (χ2n) is 5.86. The van der Waals surface area contributed by atoms with Crippen LogP contribution in [-0.4, -0.2) is 29.0 Å². The van der Waals surface area contributed by atoms with Gasteiger partial charge in [0.15, 0.2) is 0 Å². The van der Waals surface area contributed by atoms with E-state index in [1.54, 1.807) is 0 Å². The highest BCUT2D eigenvalue weighted by molar-refractivity contribution is 5.48. The summed E-state index contributed by atoms with van der Waals surface area (Å²) in [6, 6.07) is 5.00. The third kappa shape index (κ3) is 4.17. The summed E-state index contributed by atoms with van der Waals surface area (Å²) in [4.78, 5) is 7.11. The van der Waals surface area contributed by atoms with Crippen molar-refractivity contribution in [2.75, 3.05) is 13.1 Å². The number of aromatic nitrogens is 1. The first-order valence-electron chi connectivity index (χ1n) is 7.50. The van der Waals surface area contributed by atoms with Crippen LogP contribution in [-0.2, 0) is 6.42 Å². The van der Waals surface area contributed by atoms with Gasteiger partial charge in [0, 0.05) is 17.9 Å². The first kappa shape index (κ1) is 14.3. The Morgan fingerprint density at radius 3 is 2.74 bits per heavy atom. The summed E-state index contributed by atoms with van der Waals surface area (Å²) in [5.41, 5.74) is 2.52. The highest BCUT2D eigenvalue weighted by Crippen LogP contribution is 2.22. The van der Waals surface area contributed by atoms with E-state index in [9.17, 15) is 0 Å². The maximum atomic E-state index is 4.52. The van der Waals surface area contributed by atoms with Crippen molar-refractivity contribution in [3.8, 4) is 0 Å². The molecule has 0 saturated carbocycles. The number of nitrogens with zero attached hydrogens (tertiary/aromatic N) is 2. The van der Waals surface area contributed by atoms with Crippen LogP contribution in [0.25, 0.3) is 6.08 Å². The maximum Gasteiger partial charge on any atom is 0.0412 e. The number of allylic oxidation sites excluding steroid dienone is 1. The lowest BCUT2D eigenvalue weighted by atomic mass is 9.91. The summed E-state index contributed by atoms with van der Waals surface area (Å²) >= 11 is 0. The van der Waals surface area contributed by atoms with Crippen molar-refractivity contribution in [3.05, 3.63) is 35.7 Å². The zero-order valence-corrected chi connectivity index (χ0v) is 12.5. The predicted octanol–water partition coefficient (Wildman–Crippen LogP) is 3.78. The van der Waals surface area contributed by atoms with E-state index in [2.05, 4.69) is 54.9 Å². The first-order valence-corrected chi connectivity index (χ1v) is 7.50. The summed E-state index contributed by atoms with van der Waals surface area (Å²) in [6.45, 7) is 9.14. The van der Waals surface area contributed by atoms with E-state index in [0.29, 0.717) is 6.04 Å². The lowest BCUT2D eigenvalue weighted by molar-refractivity contribution is 0.149. The molecule has 0 unspecified atom stereocenters. The Balaban J connectivity index is 1.90. The number of rotatable bonds is 4. The Bertz CT molecular complexity index is 415. The van der Waals surface area contributed by atoms with Crippen molar-refractivity contribution in [2.45, 2.75) is 46.1 Å². The number of hydrogen-bond acceptors (Lipinski definition) is 2. The van der Waals surface area contributed by atoms with Crippen molar-refractivity contribution in [2.24, 2.45) is 5.92 Å². The van der Waals surface area contributed by atoms with Gasteiger partial charge < -0.3 is 4.90 Å². The molecule has 0 aliphatic carbocycles. The van der Waals surface area contributed by atoms with Crippen molar-refractivity contribution >= 4 is 6.08 Å². The molecular formula is C17H26N2. The third-order valence-corrected chi connectivity index (χ3v) is 4.08. The zero-order chi connectivity index (χ0) is 13.7. The van der Waals surface area contributed by atoms with Crippen LogP contribution >= 0.6 is 0 Å². The minimum Gasteiger partial charge on any atom is -0.301 e. The van der Waals surface area contributed by atoms with Crippen LogP contribution in [0, 0.1) is 5.92 Å². The first-order chi connectivity index (χ1) is 9.19. The van der Waals surface area contributed by atoms with Gasteiger partial charge in [-0.05, 0) is 76.7 Å². The quantitative estimate of drug-likeness (QED) is 0.817. The van der Waals surface area contributed by atoms with Crippen molar-refractivity contribution < 1.29 is 0 Å². The number of pyridine rings is 1. The maximum absolute atomic E-state index is 4.52. The van der Waals surface area contributed by atoms with Gasteiger partial charge in [-0.1, -0.05) is 12.2 Å². The standard InChI is InChI=1S/C17H26N2/c1-4-5-15-6-9-18-17(12-15)13-16-7-10-19(11-8-16)14(2)3/h4-6,9,12,14,16H,7-8,10-11,13H2,1-3H3/b5-4-. The average molecular weight is 258 g/mol. The molecule has 19 heavy (non-hydrogen) atoms. The van der Waals surface area contributed by atoms with Crippen molar-refractivity contribution in [3.63, 3.8) is 0 Å². The van der Waals surface area contributed by atoms with Crippen LogP contribution in [0.15, 0.2) is 24.4 Å². The molecule has 1 aliphatic rings. The van der Waals surface area contributed by atoms with Gasteiger partial charge in [0.05, 0.1) is 0 Å². The smallest absolute Gasteiger partial charge is 0.0412 e. The van der Waals surface area contributed by atoms with Crippen molar-refractivity contribution in [1.29, 1.82) is 0 Å². The summed E-state index contributed by atoms with van der Waals surface area (Å²) in [5, 5.41) is 0. The Morgan fingerprint density at radius 1 is 1.37 bits per heavy atom. The topological polar surface area (TPSA) is 16.1 Å². The molecule has 1 aromatic rings. The molecule has 0 bridgehead atoms. The van der Waals surface area contributed by atoms with Gasteiger partial charge in [-0.2, -0.15) is 0 Å². The fraction of sp³-hybridized carbons (Fsp3) is 0.588. The van der Waals surface area contributed by atoms with Crippen molar-refractivity contribution in [1.82, 2.24) is 9.88 Å². The van der Waals surface area contributed by atoms with Crippen LogP contribution in [0.5, 0.6) is 0 Å². The number of piperidine rings is 1. The van der Waals surface area contributed by atoms with E-state index in [0.717, 1.165) is 12.3 Å². The summed E-state index contributed by atoms with van der Waals surface area (Å²) in [7, 11) is 0. The summed E-state index contributed by atoms with van der Waals surface area (Å²) < 4.78 is 0. The minimum atomic E-state index is 0.692. The highest BCUT2D eigenvalue weighted by atomic mass is 15.1. The largest absolute Gasteiger partial charge is 0.301 e. The third-order valence-electron chi connectivity index (χ3n) is 4.08. The SMILES string of the molecule is C/C=C\c1ccnc(CC2CCN(C(C)C)CC2)c1. The zero-order valence-electron chi connectivity index (χ0n) is 12.5. The fourth-order valence-corrected chi connectivity index (χ4v) is 2.87. The van der Waals surface area contributed by atoms with Gasteiger partial charge in [-0.15, -0.1) is 0 Å². The normalized spacial score (nSPS) is 18.5. The Kier molecular flexibility index (Phi) is 5.15. The van der Waals surface area contributed by atoms with Crippen LogP contribution in [0.3, 0.4) is 0 Å². The van der Waals surface area contributed by atoms with E-state index in [1.807, 2.05) is 6.20 Å². The molecule has 1 aliphatic heterocycles. The van der Waals surface area contributed by atoms with E-state index >= 15 is 0 Å². The average Bonchev–Trinajstić information content (AvgIpc) is 2.40. The molecule has 2 rings (SSSR count). The Labute approximate surface area is 117 Å². The lowest BCUT2D eigenvalue weighted by Crippen LogP contribution is -2.38. The molecule has 2 nitrogen and oxygen atoms in total. The van der Waals surface area contributed by atoms with E-state index in [1.165, 1.54) is 37.2 Å². The van der Waals surface area contributed by atoms with Gasteiger partial charge in [0.2, 0.25) is 0 Å². The molecule has 104 valence electrons. The molecule has 0 spiro atoms. The molecule has 1 fully saturated rings. The second kappa shape index (κ2) is 6.85. The number of likely N-dealkylation sites (tertiary alicyclic amines) is 1. The monoisotopic (exact) mass is 258 g/mol. The molecule has 0 atom stereocenters. The molecule has 2 heterocycles. The predicted molar refractivity (Wildman–Crippen MR) is 82.1 cm³/mol. The molecule has 1 aromatic heterocycles. The van der Waals surface area contributed by atoms with Crippen LogP contribution in [0.1, 0.15) is 44.9 Å². The van der Waals surface area contributed by atoms with E-state index in [-0.39, 0.29) is 0 Å². The van der Waals surface area contributed by atoms with Gasteiger partial charge in [-0.25, -0.2) is 0 Å². The lowest BCUT2D eigenvalue weighted by Gasteiger charge is -2.34. The van der Waals surface area contributed by atoms with Gasteiger partial charge in [0.1, 0.15) is 0 Å². The fourth-order valence-electron chi connectivity index (χ4n) is 2.87. The Hall–Kier alpha value is -1.15. The van der Waals surface area contributed by atoms with Crippen LogP contribution < -0.4 is 0 Å². The second-order valence-corrected chi connectivity index (χ2v) is 5.86. The molecule has 0 aromatic carbocycles. The van der Waals surface area contributed by atoms with Crippen LogP contribution in [0.2, 0.25) is 0 Å². The minimum absolute atomic E-state index is 0.692.